The molecule has 1 aromatic carbocycles. The van der Waals surface area contributed by atoms with Gasteiger partial charge in [-0.3, -0.25) is 4.90 Å². The highest BCUT2D eigenvalue weighted by Gasteiger charge is 2.35. The third-order valence-corrected chi connectivity index (χ3v) is 4.41. The lowest BCUT2D eigenvalue weighted by Gasteiger charge is -2.46. The van der Waals surface area contributed by atoms with Crippen molar-refractivity contribution in [2.75, 3.05) is 39.9 Å². The molecule has 0 aromatic heterocycles. The van der Waals surface area contributed by atoms with Gasteiger partial charge in [-0.2, -0.15) is 0 Å². The maximum absolute atomic E-state index is 11.9. The van der Waals surface area contributed by atoms with Crippen molar-refractivity contribution in [2.24, 2.45) is 0 Å². The average Bonchev–Trinajstić information content (AvgIpc) is 2.46. The Hall–Kier alpha value is -1.59. The second-order valence-electron chi connectivity index (χ2n) is 5.77. The highest BCUT2D eigenvalue weighted by atomic mass is 16.5. The number of nitrogens with zero attached hydrogens (tertiary/aromatic N) is 2. The molecule has 1 N–H and O–H groups in total. The Balaban J connectivity index is 1.46. The minimum Gasteiger partial charge on any atom is -0.383 e. The average molecular weight is 289 g/mol. The van der Waals surface area contributed by atoms with Crippen LogP contribution in [0.3, 0.4) is 0 Å². The molecular formula is C16H23N3O2. The summed E-state index contributed by atoms with van der Waals surface area (Å²) in [5.41, 5.74) is 2.91. The summed E-state index contributed by atoms with van der Waals surface area (Å²) in [7, 11) is 1.64. The summed E-state index contributed by atoms with van der Waals surface area (Å²) in [5, 5.41) is 2.87. The smallest absolute Gasteiger partial charge is 0.317 e. The van der Waals surface area contributed by atoms with Crippen LogP contribution in [-0.4, -0.2) is 61.8 Å². The molecule has 1 saturated heterocycles. The second kappa shape index (κ2) is 6.45. The van der Waals surface area contributed by atoms with Crippen LogP contribution in [-0.2, 0) is 17.7 Å². The predicted molar refractivity (Wildman–Crippen MR) is 81.2 cm³/mol. The maximum atomic E-state index is 11.9. The molecule has 114 valence electrons. The molecule has 2 aliphatic rings. The van der Waals surface area contributed by atoms with Gasteiger partial charge >= 0.3 is 6.03 Å². The molecule has 5 nitrogen and oxygen atoms in total. The van der Waals surface area contributed by atoms with E-state index in [2.05, 4.69) is 34.5 Å². The van der Waals surface area contributed by atoms with Gasteiger partial charge in [-0.25, -0.2) is 4.79 Å². The van der Waals surface area contributed by atoms with E-state index in [-0.39, 0.29) is 6.03 Å². The summed E-state index contributed by atoms with van der Waals surface area (Å²) in [4.78, 5) is 16.2. The van der Waals surface area contributed by atoms with Gasteiger partial charge in [0.25, 0.3) is 0 Å². The number of amides is 2. The summed E-state index contributed by atoms with van der Waals surface area (Å²) in [6, 6.07) is 9.20. The van der Waals surface area contributed by atoms with E-state index in [0.29, 0.717) is 19.2 Å². The maximum Gasteiger partial charge on any atom is 0.317 e. The largest absolute Gasteiger partial charge is 0.383 e. The van der Waals surface area contributed by atoms with Crippen LogP contribution >= 0.6 is 0 Å². The fourth-order valence-corrected chi connectivity index (χ4v) is 3.05. The van der Waals surface area contributed by atoms with Crippen LogP contribution in [0, 0.1) is 0 Å². The number of benzene rings is 1. The van der Waals surface area contributed by atoms with Gasteiger partial charge in [0.05, 0.1) is 6.61 Å². The number of carbonyl (C=O) groups excluding carboxylic acids is 1. The zero-order chi connectivity index (χ0) is 14.7. The van der Waals surface area contributed by atoms with E-state index in [0.717, 1.165) is 32.6 Å². The Labute approximate surface area is 125 Å². The van der Waals surface area contributed by atoms with Gasteiger partial charge in [0.1, 0.15) is 0 Å². The van der Waals surface area contributed by atoms with Gasteiger partial charge in [-0.15, -0.1) is 0 Å². The SMILES string of the molecule is COCCNC(=O)N1CC(N2CCc3ccccc3C2)C1. The van der Waals surface area contributed by atoms with Crippen molar-refractivity contribution in [3.8, 4) is 0 Å². The minimum absolute atomic E-state index is 0.0284. The number of fused-ring (bicyclic) bond motifs is 1. The first-order valence-corrected chi connectivity index (χ1v) is 7.60. The number of methoxy groups -OCH3 is 1. The van der Waals surface area contributed by atoms with E-state index in [1.807, 2.05) is 4.90 Å². The van der Waals surface area contributed by atoms with Gasteiger partial charge in [-0.1, -0.05) is 24.3 Å². The summed E-state index contributed by atoms with van der Waals surface area (Å²) in [6.07, 6.45) is 1.12. The number of carbonyl (C=O) groups is 1. The van der Waals surface area contributed by atoms with Crippen LogP contribution in [0.25, 0.3) is 0 Å². The second-order valence-corrected chi connectivity index (χ2v) is 5.77. The topological polar surface area (TPSA) is 44.8 Å². The fourth-order valence-electron chi connectivity index (χ4n) is 3.05. The zero-order valence-corrected chi connectivity index (χ0v) is 12.5. The molecule has 3 rings (SSSR count). The van der Waals surface area contributed by atoms with Gasteiger partial charge in [-0.05, 0) is 17.5 Å². The Morgan fingerprint density at radius 3 is 2.86 bits per heavy atom. The molecule has 5 heteroatoms. The highest BCUT2D eigenvalue weighted by molar-refractivity contribution is 5.75. The standard InChI is InChI=1S/C16H23N3O2/c1-21-9-7-17-16(20)19-11-15(12-19)18-8-6-13-4-2-3-5-14(13)10-18/h2-5,15H,6-12H2,1H3,(H,17,20). The van der Waals surface area contributed by atoms with Crippen LogP contribution in [0.2, 0.25) is 0 Å². The normalized spacial score (nSPS) is 19.0. The molecule has 1 fully saturated rings. The Morgan fingerprint density at radius 1 is 1.33 bits per heavy atom. The third-order valence-electron chi connectivity index (χ3n) is 4.41. The molecule has 2 aliphatic heterocycles. The van der Waals surface area contributed by atoms with E-state index >= 15 is 0 Å². The summed E-state index contributed by atoms with van der Waals surface area (Å²) in [5.74, 6) is 0. The van der Waals surface area contributed by atoms with E-state index in [1.54, 1.807) is 7.11 Å². The van der Waals surface area contributed by atoms with E-state index in [1.165, 1.54) is 11.1 Å². The predicted octanol–water partition coefficient (Wildman–Crippen LogP) is 1.08. The van der Waals surface area contributed by atoms with Crippen molar-refractivity contribution in [3.63, 3.8) is 0 Å². The molecule has 0 unspecified atom stereocenters. The number of nitrogens with one attached hydrogen (secondary N) is 1. The van der Waals surface area contributed by atoms with Crippen LogP contribution < -0.4 is 5.32 Å². The van der Waals surface area contributed by atoms with Gasteiger partial charge in [0.15, 0.2) is 0 Å². The molecule has 0 atom stereocenters. The van der Waals surface area contributed by atoms with Crippen molar-refractivity contribution in [1.29, 1.82) is 0 Å². The first-order valence-electron chi connectivity index (χ1n) is 7.60. The first-order chi connectivity index (χ1) is 10.3. The lowest BCUT2D eigenvalue weighted by Crippen LogP contribution is -2.63. The monoisotopic (exact) mass is 289 g/mol. The lowest BCUT2D eigenvalue weighted by molar-refractivity contribution is 0.0477. The van der Waals surface area contributed by atoms with E-state index in [9.17, 15) is 4.79 Å². The minimum atomic E-state index is 0.0284. The molecule has 21 heavy (non-hydrogen) atoms. The Bertz CT molecular complexity index is 500. The molecule has 0 spiro atoms. The molecule has 0 saturated carbocycles. The number of hydrogen-bond donors (Lipinski definition) is 1. The van der Waals surface area contributed by atoms with Crippen molar-refractivity contribution in [2.45, 2.75) is 19.0 Å². The highest BCUT2D eigenvalue weighted by Crippen LogP contribution is 2.24. The fraction of sp³-hybridized carbons (Fsp3) is 0.562. The summed E-state index contributed by atoms with van der Waals surface area (Å²) >= 11 is 0. The van der Waals surface area contributed by atoms with Crippen molar-refractivity contribution in [1.82, 2.24) is 15.1 Å². The lowest BCUT2D eigenvalue weighted by atomic mass is 9.97. The number of hydrogen-bond acceptors (Lipinski definition) is 3. The molecule has 0 aliphatic carbocycles. The van der Waals surface area contributed by atoms with Crippen LogP contribution in [0.4, 0.5) is 4.79 Å². The summed E-state index contributed by atoms with van der Waals surface area (Å²) in [6.45, 7) is 4.92. The van der Waals surface area contributed by atoms with Crippen molar-refractivity contribution in [3.05, 3.63) is 35.4 Å². The molecule has 2 amide bonds. The van der Waals surface area contributed by atoms with Gasteiger partial charge < -0.3 is 15.0 Å². The number of urea groups is 1. The molecule has 2 heterocycles. The van der Waals surface area contributed by atoms with Gasteiger partial charge in [0.2, 0.25) is 0 Å². The third kappa shape index (κ3) is 3.19. The Kier molecular flexibility index (Phi) is 4.41. The van der Waals surface area contributed by atoms with E-state index in [4.69, 9.17) is 4.74 Å². The first kappa shape index (κ1) is 14.4. The van der Waals surface area contributed by atoms with E-state index < -0.39 is 0 Å². The van der Waals surface area contributed by atoms with Crippen molar-refractivity contribution >= 4 is 6.03 Å². The summed E-state index contributed by atoms with van der Waals surface area (Å²) < 4.78 is 4.93. The molecule has 1 aromatic rings. The van der Waals surface area contributed by atoms with Crippen molar-refractivity contribution < 1.29 is 9.53 Å². The Morgan fingerprint density at radius 2 is 2.10 bits per heavy atom. The quantitative estimate of drug-likeness (QED) is 0.844. The number of rotatable bonds is 4. The number of ether oxygens (including phenoxy) is 1. The van der Waals surface area contributed by atoms with Crippen LogP contribution in [0.15, 0.2) is 24.3 Å². The van der Waals surface area contributed by atoms with Gasteiger partial charge in [0, 0.05) is 45.9 Å². The molecular weight excluding hydrogens is 266 g/mol. The van der Waals surface area contributed by atoms with Crippen LogP contribution in [0.1, 0.15) is 11.1 Å². The molecule has 0 radical (unpaired) electrons. The van der Waals surface area contributed by atoms with Crippen LogP contribution in [0.5, 0.6) is 0 Å². The molecule has 0 bridgehead atoms. The number of likely N-dealkylation sites (tertiary alicyclic amines) is 1. The zero-order valence-electron chi connectivity index (χ0n) is 12.5.